The zero-order chi connectivity index (χ0) is 42.5. The molecule has 0 saturated carbocycles. The molecule has 7 aromatic rings. The third-order valence-corrected chi connectivity index (χ3v) is 13.5. The number of esters is 1. The molecule has 0 unspecified atom stereocenters. The summed E-state index contributed by atoms with van der Waals surface area (Å²) in [5.74, 6) is 0.661. The first-order valence-corrected chi connectivity index (χ1v) is 21.4. The summed E-state index contributed by atoms with van der Waals surface area (Å²) in [6, 6.07) is 25.0. The third kappa shape index (κ3) is 7.24. The molecule has 1 aliphatic rings. The lowest BCUT2D eigenvalue weighted by molar-refractivity contribution is -0.141. The van der Waals surface area contributed by atoms with Crippen molar-refractivity contribution >= 4 is 55.5 Å². The van der Waals surface area contributed by atoms with Crippen LogP contribution in [-0.4, -0.2) is 52.9 Å². The molecule has 3 aromatic heterocycles. The van der Waals surface area contributed by atoms with Gasteiger partial charge in [0.05, 0.1) is 40.9 Å². The number of rotatable bonds is 10. The van der Waals surface area contributed by atoms with E-state index in [0.29, 0.717) is 39.4 Å². The zero-order valence-electron chi connectivity index (χ0n) is 33.7. The molecule has 0 radical (unpaired) electrons. The number of aryl methyl sites for hydroxylation is 4. The van der Waals surface area contributed by atoms with Crippen molar-refractivity contribution in [2.75, 3.05) is 11.8 Å². The lowest BCUT2D eigenvalue weighted by atomic mass is 9.94. The smallest absolute Gasteiger partial charge is 0.308 e. The highest BCUT2D eigenvalue weighted by Gasteiger charge is 2.32. The summed E-state index contributed by atoms with van der Waals surface area (Å²) in [5, 5.41) is 22.8. The number of hydrogen-bond donors (Lipinski definition) is 3. The summed E-state index contributed by atoms with van der Waals surface area (Å²) in [7, 11) is -2.58. The number of nitrogens with zero attached hydrogens (tertiary/aromatic N) is 5. The number of fused-ring (bicyclic) bond motifs is 4. The minimum Gasteiger partial charge on any atom is -0.469 e. The van der Waals surface area contributed by atoms with E-state index in [1.807, 2.05) is 61.7 Å². The summed E-state index contributed by atoms with van der Waals surface area (Å²) in [4.78, 5) is 35.2. The van der Waals surface area contributed by atoms with Crippen molar-refractivity contribution in [3.63, 3.8) is 0 Å². The number of nitrogens with one attached hydrogen (secondary N) is 3. The number of ether oxygens (including phenoxy) is 1. The van der Waals surface area contributed by atoms with Crippen LogP contribution >= 0.6 is 11.3 Å². The second-order valence-corrected chi connectivity index (χ2v) is 17.6. The number of thiophene rings is 1. The van der Waals surface area contributed by atoms with Crippen LogP contribution in [0.2, 0.25) is 0 Å². The highest BCUT2D eigenvalue weighted by atomic mass is 32.2. The molecule has 0 spiro atoms. The minimum atomic E-state index is -3.94. The van der Waals surface area contributed by atoms with E-state index in [1.165, 1.54) is 19.2 Å². The summed E-state index contributed by atoms with van der Waals surface area (Å²) >= 11 is 1.65. The Morgan fingerprint density at radius 3 is 2.37 bits per heavy atom. The number of nitriles is 1. The van der Waals surface area contributed by atoms with Crippen LogP contribution in [0.5, 0.6) is 0 Å². The van der Waals surface area contributed by atoms with Crippen LogP contribution in [0.25, 0.3) is 27.0 Å². The fraction of sp³-hybridized carbons (Fsp3) is 0.200. The first-order valence-electron chi connectivity index (χ1n) is 19.1. The van der Waals surface area contributed by atoms with Gasteiger partial charge in [-0.15, -0.1) is 21.5 Å². The van der Waals surface area contributed by atoms with Crippen molar-refractivity contribution in [3.8, 4) is 22.2 Å². The van der Waals surface area contributed by atoms with Gasteiger partial charge in [0.2, 0.25) is 0 Å². The van der Waals surface area contributed by atoms with Crippen LogP contribution < -0.4 is 10.0 Å². The molecule has 3 N–H and O–H groups in total. The number of aliphatic imine (C=N–C) groups is 1. The lowest BCUT2D eigenvalue weighted by Gasteiger charge is -2.13. The highest BCUT2D eigenvalue weighted by molar-refractivity contribution is 7.92. The van der Waals surface area contributed by atoms with Crippen molar-refractivity contribution in [1.82, 2.24) is 25.1 Å². The van der Waals surface area contributed by atoms with Gasteiger partial charge in [0.15, 0.2) is 5.82 Å². The number of carbonyl (C=O) groups is 2. The maximum absolute atomic E-state index is 13.3. The molecule has 0 bridgehead atoms. The van der Waals surface area contributed by atoms with Gasteiger partial charge in [0.1, 0.15) is 22.9 Å². The third-order valence-electron chi connectivity index (χ3n) is 10.9. The average molecular weight is 837 g/mol. The van der Waals surface area contributed by atoms with E-state index in [-0.39, 0.29) is 29.7 Å². The second kappa shape index (κ2) is 15.7. The van der Waals surface area contributed by atoms with Crippen LogP contribution in [0.1, 0.15) is 78.3 Å². The number of amides is 1. The number of sulfonamides is 1. The van der Waals surface area contributed by atoms with E-state index >= 15 is 0 Å². The van der Waals surface area contributed by atoms with E-state index in [0.717, 1.165) is 60.1 Å². The molecule has 0 aliphatic carbocycles. The molecule has 0 saturated heterocycles. The average Bonchev–Trinajstić information content (AvgIpc) is 3.92. The summed E-state index contributed by atoms with van der Waals surface area (Å²) in [5.41, 5.74) is 9.98. The van der Waals surface area contributed by atoms with Gasteiger partial charge in [-0.05, 0) is 98.3 Å². The zero-order valence-corrected chi connectivity index (χ0v) is 35.3. The van der Waals surface area contributed by atoms with Crippen molar-refractivity contribution < 1.29 is 22.7 Å². The summed E-state index contributed by atoms with van der Waals surface area (Å²) < 4.78 is 36.3. The minimum absolute atomic E-state index is 0.0241. The lowest BCUT2D eigenvalue weighted by Crippen LogP contribution is -2.23. The van der Waals surface area contributed by atoms with Gasteiger partial charge in [-0.25, -0.2) is 8.42 Å². The SMILES string of the molecule is COC(=O)C[C@@H]1N=C(c2ccc(-c3ccc(C(=O)NCc4ccc(S(=O)(=O)Nc5ccc(C)c6c(C#N)c[nH]c56)cc4)cc3C)cc2)c2c(sc(C)c2C)-n2c(C)nnc21. The van der Waals surface area contributed by atoms with Crippen LogP contribution in [0.15, 0.2) is 94.9 Å². The quantitative estimate of drug-likeness (QED) is 0.116. The van der Waals surface area contributed by atoms with Gasteiger partial charge in [-0.1, -0.05) is 48.5 Å². The van der Waals surface area contributed by atoms with Gasteiger partial charge in [0, 0.05) is 39.7 Å². The van der Waals surface area contributed by atoms with Gasteiger partial charge < -0.3 is 15.0 Å². The summed E-state index contributed by atoms with van der Waals surface area (Å²) in [6.45, 7) is 10.1. The van der Waals surface area contributed by atoms with Crippen molar-refractivity contribution in [2.24, 2.45) is 4.99 Å². The normalized spacial score (nSPS) is 13.5. The van der Waals surface area contributed by atoms with Crippen molar-refractivity contribution in [3.05, 3.63) is 146 Å². The molecule has 1 atom stereocenters. The van der Waals surface area contributed by atoms with E-state index < -0.39 is 16.1 Å². The standard InChI is InChI=1S/C45H40N8O5S2/c1-24-7-18-36(42-39(24)33(21-46)23-47-42)52-60(56,57)34-15-8-29(9-16-34)22-48-44(55)32-14-17-35(25(2)19-32)30-10-12-31(13-11-30)41-40-26(3)27(4)59-45(40)53-28(5)50-51-43(53)37(49-41)20-38(54)58-6/h7-19,23,37,47,52H,20,22H2,1-6H3,(H,48,55)/t37-/m0/s1. The molecule has 15 heteroatoms. The van der Waals surface area contributed by atoms with Crippen molar-refractivity contribution in [1.29, 1.82) is 5.26 Å². The van der Waals surface area contributed by atoms with Gasteiger partial charge in [-0.3, -0.25) is 23.9 Å². The maximum Gasteiger partial charge on any atom is 0.308 e. The molecule has 4 aromatic carbocycles. The Morgan fingerprint density at radius 2 is 1.67 bits per heavy atom. The Labute approximate surface area is 350 Å². The molecular formula is C45H40N8O5S2. The number of H-pyrrole nitrogens is 1. The fourth-order valence-electron chi connectivity index (χ4n) is 7.57. The summed E-state index contributed by atoms with van der Waals surface area (Å²) in [6.07, 6.45) is 1.58. The molecule has 1 aliphatic heterocycles. The number of aromatic nitrogens is 4. The highest BCUT2D eigenvalue weighted by Crippen LogP contribution is 2.40. The first-order chi connectivity index (χ1) is 28.8. The molecule has 302 valence electrons. The van der Waals surface area contributed by atoms with E-state index in [2.05, 4.69) is 45.1 Å². The number of carbonyl (C=O) groups excluding carboxylic acids is 2. The Hall–Kier alpha value is -6.89. The molecule has 1 amide bonds. The number of anilines is 1. The van der Waals surface area contributed by atoms with Crippen LogP contribution in [-0.2, 0) is 26.1 Å². The molecular weight excluding hydrogens is 797 g/mol. The van der Waals surface area contributed by atoms with E-state index in [4.69, 9.17) is 9.73 Å². The van der Waals surface area contributed by atoms with Crippen LogP contribution in [0, 0.1) is 45.9 Å². The molecule has 13 nitrogen and oxygen atoms in total. The fourth-order valence-corrected chi connectivity index (χ4v) is 9.86. The number of benzene rings is 4. The molecule has 0 fully saturated rings. The predicted octanol–water partition coefficient (Wildman–Crippen LogP) is 8.08. The Bertz CT molecular complexity index is 3040. The number of hydrogen-bond acceptors (Lipinski definition) is 10. The van der Waals surface area contributed by atoms with E-state index in [9.17, 15) is 23.3 Å². The van der Waals surface area contributed by atoms with Gasteiger partial charge in [0.25, 0.3) is 15.9 Å². The molecule has 8 rings (SSSR count). The predicted molar refractivity (Wildman–Crippen MR) is 231 cm³/mol. The molecule has 60 heavy (non-hydrogen) atoms. The Balaban J connectivity index is 0.964. The van der Waals surface area contributed by atoms with Gasteiger partial charge in [-0.2, -0.15) is 5.26 Å². The Kier molecular flexibility index (Phi) is 10.4. The number of aromatic amines is 1. The maximum atomic E-state index is 13.3. The van der Waals surface area contributed by atoms with Crippen LogP contribution in [0.3, 0.4) is 0 Å². The topological polar surface area (TPSA) is 184 Å². The van der Waals surface area contributed by atoms with Crippen molar-refractivity contribution in [2.45, 2.75) is 58.5 Å². The second-order valence-electron chi connectivity index (χ2n) is 14.7. The molecule has 4 heterocycles. The number of methoxy groups -OCH3 is 1. The first kappa shape index (κ1) is 39.9. The largest absolute Gasteiger partial charge is 0.469 e. The van der Waals surface area contributed by atoms with E-state index in [1.54, 1.807) is 47.9 Å². The Morgan fingerprint density at radius 1 is 0.933 bits per heavy atom. The monoisotopic (exact) mass is 836 g/mol. The van der Waals surface area contributed by atoms with Gasteiger partial charge >= 0.3 is 5.97 Å². The van der Waals surface area contributed by atoms with Crippen LogP contribution in [0.4, 0.5) is 5.69 Å².